The molecule has 298 valence electrons. The molecule has 0 aromatic heterocycles. The predicted molar refractivity (Wildman–Crippen MR) is 232 cm³/mol. The summed E-state index contributed by atoms with van der Waals surface area (Å²) in [5.41, 5.74) is 0. The molecule has 0 saturated carbocycles. The first-order chi connectivity index (χ1) is 26.5. The third-order valence-corrected chi connectivity index (χ3v) is 7.88. The first kappa shape index (κ1) is 49.6. The second-order valence-corrected chi connectivity index (χ2v) is 12.7. The number of unbranched alkanes of at least 4 members (excludes halogenated alkanes) is 1. The Morgan fingerprint density at radius 3 is 1.22 bits per heavy atom. The summed E-state index contributed by atoms with van der Waals surface area (Å²) in [6.45, 7) is 4.73. The van der Waals surface area contributed by atoms with E-state index in [0.717, 1.165) is 77.0 Å². The van der Waals surface area contributed by atoms with Gasteiger partial charge in [-0.15, -0.1) is 0 Å². The molecule has 0 unspecified atom stereocenters. The van der Waals surface area contributed by atoms with Crippen LogP contribution in [-0.2, 0) is 19.1 Å². The van der Waals surface area contributed by atoms with Crippen LogP contribution in [0.4, 0.5) is 0 Å². The molecule has 0 saturated heterocycles. The van der Waals surface area contributed by atoms with Crippen molar-refractivity contribution in [3.63, 3.8) is 0 Å². The van der Waals surface area contributed by atoms with Gasteiger partial charge in [0.2, 0.25) is 11.8 Å². The van der Waals surface area contributed by atoms with Crippen LogP contribution >= 0.6 is 0 Å². The molecule has 6 nitrogen and oxygen atoms in total. The Morgan fingerprint density at radius 1 is 0.463 bits per heavy atom. The van der Waals surface area contributed by atoms with Gasteiger partial charge in [0.1, 0.15) is 6.04 Å². The molecule has 2 amide bonds. The number of hydrogen-bond acceptors (Lipinski definition) is 4. The standard InChI is InChI=1S/C48H72N2O4/c1-4-6-8-10-12-14-16-18-20-22-23-25-26-28-30-32-34-36-38-42-46(51)49-44-40-41-45(48(53)54-3)50-47(52)43-39-37-35-33-31-29-27-24-21-19-17-15-13-11-9-7-5-2/h6-9,12-15,18-21,23,25,27-30,33-36,45H,4-5,10-11,16-17,22,24,26,31-32,37-44H2,1-3H3,(H,49,51)(H,50,52)/t45-/m0/s1. The van der Waals surface area contributed by atoms with Gasteiger partial charge in [-0.2, -0.15) is 0 Å². The highest BCUT2D eigenvalue weighted by atomic mass is 16.5. The Labute approximate surface area is 329 Å². The average molecular weight is 741 g/mol. The van der Waals surface area contributed by atoms with Crippen molar-refractivity contribution in [2.45, 2.75) is 135 Å². The van der Waals surface area contributed by atoms with Crippen LogP contribution in [0.25, 0.3) is 0 Å². The molecule has 0 spiro atoms. The van der Waals surface area contributed by atoms with E-state index in [1.54, 1.807) is 0 Å². The number of nitrogens with one attached hydrogen (secondary N) is 2. The molecule has 0 aromatic rings. The van der Waals surface area contributed by atoms with Gasteiger partial charge >= 0.3 is 5.97 Å². The molecule has 0 heterocycles. The third kappa shape index (κ3) is 37.3. The van der Waals surface area contributed by atoms with E-state index in [1.807, 2.05) is 6.08 Å². The van der Waals surface area contributed by atoms with Crippen LogP contribution in [0.1, 0.15) is 129 Å². The molecule has 0 bridgehead atoms. The SMILES string of the molecule is CCC=CCC=CCC=CCC=CCC=CCC=CCCC(=O)NCCC[C@H](NC(=O)CCCC=CCC=CCC=CCC=CCC=CCC)C(=O)OC. The van der Waals surface area contributed by atoms with Crippen LogP contribution in [0, 0.1) is 0 Å². The van der Waals surface area contributed by atoms with Crippen molar-refractivity contribution in [2.24, 2.45) is 0 Å². The maximum Gasteiger partial charge on any atom is 0.328 e. The van der Waals surface area contributed by atoms with Crippen molar-refractivity contribution in [3.05, 3.63) is 134 Å². The molecule has 0 radical (unpaired) electrons. The first-order valence-electron chi connectivity index (χ1n) is 20.3. The van der Waals surface area contributed by atoms with Crippen molar-refractivity contribution in [3.8, 4) is 0 Å². The van der Waals surface area contributed by atoms with Gasteiger partial charge < -0.3 is 15.4 Å². The molecule has 0 aromatic carbocycles. The van der Waals surface area contributed by atoms with Gasteiger partial charge in [-0.05, 0) is 103 Å². The fourth-order valence-electron chi connectivity index (χ4n) is 4.88. The highest BCUT2D eigenvalue weighted by Crippen LogP contribution is 2.04. The zero-order valence-corrected chi connectivity index (χ0v) is 33.8. The summed E-state index contributed by atoms with van der Waals surface area (Å²) in [5, 5.41) is 5.70. The van der Waals surface area contributed by atoms with Gasteiger partial charge in [-0.25, -0.2) is 4.79 Å². The zero-order chi connectivity index (χ0) is 39.4. The summed E-state index contributed by atoms with van der Waals surface area (Å²) >= 11 is 0. The van der Waals surface area contributed by atoms with E-state index in [9.17, 15) is 14.4 Å². The lowest BCUT2D eigenvalue weighted by Gasteiger charge is -2.16. The minimum atomic E-state index is -0.716. The number of carbonyl (C=O) groups is 3. The van der Waals surface area contributed by atoms with Gasteiger partial charge in [0.15, 0.2) is 0 Å². The van der Waals surface area contributed by atoms with Crippen molar-refractivity contribution in [2.75, 3.05) is 13.7 Å². The van der Waals surface area contributed by atoms with Crippen LogP contribution in [0.15, 0.2) is 134 Å². The van der Waals surface area contributed by atoms with Crippen LogP contribution in [-0.4, -0.2) is 37.5 Å². The molecule has 6 heteroatoms. The molecule has 0 fully saturated rings. The summed E-state index contributed by atoms with van der Waals surface area (Å²) < 4.78 is 4.89. The topological polar surface area (TPSA) is 84.5 Å². The second kappa shape index (κ2) is 41.3. The molecule has 0 rings (SSSR count). The monoisotopic (exact) mass is 741 g/mol. The maximum atomic E-state index is 12.5. The Hall–Kier alpha value is -4.45. The molecule has 2 N–H and O–H groups in total. The van der Waals surface area contributed by atoms with Crippen molar-refractivity contribution >= 4 is 17.8 Å². The number of allylic oxidation sites excluding steroid dienone is 22. The lowest BCUT2D eigenvalue weighted by Crippen LogP contribution is -2.42. The van der Waals surface area contributed by atoms with E-state index >= 15 is 0 Å². The highest BCUT2D eigenvalue weighted by Gasteiger charge is 2.20. The van der Waals surface area contributed by atoms with E-state index in [1.165, 1.54) is 7.11 Å². The van der Waals surface area contributed by atoms with Gasteiger partial charge in [-0.1, -0.05) is 148 Å². The Morgan fingerprint density at radius 2 is 0.833 bits per heavy atom. The van der Waals surface area contributed by atoms with Gasteiger partial charge in [0.05, 0.1) is 7.11 Å². The number of rotatable bonds is 33. The third-order valence-electron chi connectivity index (χ3n) is 7.88. The quantitative estimate of drug-likeness (QED) is 0.0399. The summed E-state index contributed by atoms with van der Waals surface area (Å²) in [4.78, 5) is 36.9. The normalized spacial score (nSPS) is 13.5. The number of amides is 2. The summed E-state index contributed by atoms with van der Waals surface area (Å²) in [7, 11) is 1.32. The van der Waals surface area contributed by atoms with E-state index < -0.39 is 12.0 Å². The number of carbonyl (C=O) groups excluding carboxylic acids is 3. The first-order valence-corrected chi connectivity index (χ1v) is 20.3. The average Bonchev–Trinajstić information content (AvgIpc) is 3.17. The minimum absolute atomic E-state index is 0.0248. The Bertz CT molecular complexity index is 1270. The molecule has 0 aliphatic heterocycles. The Kier molecular flexibility index (Phi) is 37.9. The lowest BCUT2D eigenvalue weighted by molar-refractivity contribution is -0.145. The van der Waals surface area contributed by atoms with E-state index in [0.29, 0.717) is 45.1 Å². The smallest absolute Gasteiger partial charge is 0.328 e. The van der Waals surface area contributed by atoms with Gasteiger partial charge in [-0.3, -0.25) is 9.59 Å². The highest BCUT2D eigenvalue weighted by molar-refractivity contribution is 5.84. The van der Waals surface area contributed by atoms with Gasteiger partial charge in [0, 0.05) is 19.4 Å². The van der Waals surface area contributed by atoms with Crippen molar-refractivity contribution in [1.82, 2.24) is 10.6 Å². The molecular weight excluding hydrogens is 669 g/mol. The summed E-state index contributed by atoms with van der Waals surface area (Å²) in [6.07, 6.45) is 62.1. The zero-order valence-electron chi connectivity index (χ0n) is 33.8. The lowest BCUT2D eigenvalue weighted by atomic mass is 10.1. The predicted octanol–water partition coefficient (Wildman–Crippen LogP) is 11.9. The number of ether oxygens (including phenoxy) is 1. The largest absolute Gasteiger partial charge is 0.467 e. The van der Waals surface area contributed by atoms with E-state index in [2.05, 4.69) is 152 Å². The molecule has 1 atom stereocenters. The fraction of sp³-hybridized carbons (Fsp3) is 0.479. The molecular formula is C48H72N2O4. The number of methoxy groups -OCH3 is 1. The van der Waals surface area contributed by atoms with Crippen molar-refractivity contribution in [1.29, 1.82) is 0 Å². The van der Waals surface area contributed by atoms with Crippen LogP contribution in [0.5, 0.6) is 0 Å². The minimum Gasteiger partial charge on any atom is -0.467 e. The summed E-state index contributed by atoms with van der Waals surface area (Å²) in [5.74, 6) is -0.661. The van der Waals surface area contributed by atoms with Crippen LogP contribution in [0.2, 0.25) is 0 Å². The van der Waals surface area contributed by atoms with Gasteiger partial charge in [0.25, 0.3) is 0 Å². The van der Waals surface area contributed by atoms with E-state index in [4.69, 9.17) is 4.74 Å². The van der Waals surface area contributed by atoms with Crippen molar-refractivity contribution < 1.29 is 19.1 Å². The van der Waals surface area contributed by atoms with Crippen LogP contribution in [0.3, 0.4) is 0 Å². The second-order valence-electron chi connectivity index (χ2n) is 12.7. The number of hydrogen-bond donors (Lipinski definition) is 2. The molecule has 0 aliphatic carbocycles. The molecule has 0 aliphatic rings. The maximum absolute atomic E-state index is 12.5. The molecule has 54 heavy (non-hydrogen) atoms. The van der Waals surface area contributed by atoms with E-state index in [-0.39, 0.29) is 11.8 Å². The number of esters is 1. The summed E-state index contributed by atoms with van der Waals surface area (Å²) in [6, 6.07) is -0.716. The van der Waals surface area contributed by atoms with Crippen LogP contribution < -0.4 is 10.6 Å². The fourth-order valence-corrected chi connectivity index (χ4v) is 4.88. The Balaban J connectivity index is 4.00.